The maximum absolute atomic E-state index is 12.1. The predicted octanol–water partition coefficient (Wildman–Crippen LogP) is 4.38. The summed E-state index contributed by atoms with van der Waals surface area (Å²) in [6.07, 6.45) is 0.167. The highest BCUT2D eigenvalue weighted by Crippen LogP contribution is 2.19. The minimum Gasteiger partial charge on any atom is -0.435 e. The summed E-state index contributed by atoms with van der Waals surface area (Å²) in [6, 6.07) is 11.8. The van der Waals surface area contributed by atoms with Gasteiger partial charge in [-0.1, -0.05) is 12.1 Å². The first kappa shape index (κ1) is 16.7. The van der Waals surface area contributed by atoms with Crippen LogP contribution in [0.15, 0.2) is 42.5 Å². The van der Waals surface area contributed by atoms with E-state index >= 15 is 0 Å². The molecular weight excluding hydrogens is 403 g/mol. The number of amides is 1. The molecule has 0 radical (unpaired) electrons. The average molecular weight is 417 g/mol. The summed E-state index contributed by atoms with van der Waals surface area (Å²) in [5.74, 6) is -0.0838. The third-order valence-electron chi connectivity index (χ3n) is 2.98. The average Bonchev–Trinajstić information content (AvgIpc) is 2.43. The number of hydrogen-bond acceptors (Lipinski definition) is 2. The molecule has 0 atom stereocenters. The Bertz CT molecular complexity index is 660. The van der Waals surface area contributed by atoms with Gasteiger partial charge in [-0.05, 0) is 71.0 Å². The van der Waals surface area contributed by atoms with E-state index in [0.29, 0.717) is 0 Å². The van der Waals surface area contributed by atoms with Gasteiger partial charge in [0.25, 0.3) is 0 Å². The van der Waals surface area contributed by atoms with E-state index in [2.05, 4.69) is 32.6 Å². The van der Waals surface area contributed by atoms with Crippen LogP contribution in [-0.2, 0) is 11.2 Å². The highest BCUT2D eigenvalue weighted by Gasteiger charge is 2.08. The van der Waals surface area contributed by atoms with E-state index in [4.69, 9.17) is 0 Å². The number of anilines is 1. The van der Waals surface area contributed by atoms with E-state index in [0.717, 1.165) is 20.4 Å². The summed E-state index contributed by atoms with van der Waals surface area (Å²) >= 11 is 2.21. The van der Waals surface area contributed by atoms with Crippen molar-refractivity contribution in [2.24, 2.45) is 0 Å². The van der Waals surface area contributed by atoms with Crippen LogP contribution in [0.25, 0.3) is 0 Å². The van der Waals surface area contributed by atoms with Crippen LogP contribution >= 0.6 is 22.6 Å². The monoisotopic (exact) mass is 417 g/mol. The highest BCUT2D eigenvalue weighted by atomic mass is 127. The standard InChI is InChI=1S/C16H14F2INO2/c1-10-8-12(19)4-7-14(10)20-15(21)9-11-2-5-13(6-3-11)22-16(17)18/h2-8,16H,9H2,1H3,(H,20,21). The summed E-state index contributed by atoms with van der Waals surface area (Å²) < 4.78 is 29.5. The second-order valence-corrected chi connectivity index (χ2v) is 5.95. The zero-order valence-electron chi connectivity index (χ0n) is 11.8. The number of ether oxygens (including phenoxy) is 1. The number of halogens is 3. The van der Waals surface area contributed by atoms with Gasteiger partial charge in [-0.25, -0.2) is 0 Å². The fraction of sp³-hybridized carbons (Fsp3) is 0.188. The molecule has 6 heteroatoms. The minimum atomic E-state index is -2.85. The Morgan fingerprint density at radius 2 is 1.91 bits per heavy atom. The normalized spacial score (nSPS) is 10.6. The summed E-state index contributed by atoms with van der Waals surface area (Å²) in [5, 5.41) is 2.84. The molecule has 0 bridgehead atoms. The van der Waals surface area contributed by atoms with Gasteiger partial charge in [0.2, 0.25) is 5.91 Å². The SMILES string of the molecule is Cc1cc(I)ccc1NC(=O)Cc1ccc(OC(F)F)cc1. The Labute approximate surface area is 140 Å². The third kappa shape index (κ3) is 4.94. The van der Waals surface area contributed by atoms with Gasteiger partial charge < -0.3 is 10.1 Å². The van der Waals surface area contributed by atoms with Crippen molar-refractivity contribution in [2.45, 2.75) is 20.0 Å². The van der Waals surface area contributed by atoms with Crippen molar-refractivity contribution >= 4 is 34.2 Å². The summed E-state index contributed by atoms with van der Waals surface area (Å²) in [6.45, 7) is -0.924. The Kier molecular flexibility index (Phi) is 5.70. The van der Waals surface area contributed by atoms with Crippen molar-refractivity contribution in [3.8, 4) is 5.75 Å². The fourth-order valence-corrected chi connectivity index (χ4v) is 2.58. The van der Waals surface area contributed by atoms with Crippen LogP contribution in [-0.4, -0.2) is 12.5 Å². The molecule has 2 aromatic rings. The molecule has 0 aliphatic rings. The van der Waals surface area contributed by atoms with Crippen molar-refractivity contribution in [3.05, 3.63) is 57.2 Å². The Morgan fingerprint density at radius 3 is 2.50 bits per heavy atom. The maximum atomic E-state index is 12.1. The number of nitrogens with one attached hydrogen (secondary N) is 1. The second kappa shape index (κ2) is 7.53. The van der Waals surface area contributed by atoms with Gasteiger partial charge >= 0.3 is 6.61 Å². The van der Waals surface area contributed by atoms with Crippen LogP contribution in [0.4, 0.5) is 14.5 Å². The molecule has 0 aliphatic heterocycles. The first-order valence-electron chi connectivity index (χ1n) is 6.54. The van der Waals surface area contributed by atoms with Gasteiger partial charge in [0.1, 0.15) is 5.75 Å². The second-order valence-electron chi connectivity index (χ2n) is 4.71. The van der Waals surface area contributed by atoms with Crippen molar-refractivity contribution in [2.75, 3.05) is 5.32 Å². The molecule has 0 aromatic heterocycles. The number of hydrogen-bond donors (Lipinski definition) is 1. The number of carbonyl (C=O) groups excluding carboxylic acids is 1. The quantitative estimate of drug-likeness (QED) is 0.734. The fourth-order valence-electron chi connectivity index (χ4n) is 1.94. The van der Waals surface area contributed by atoms with Crippen LogP contribution < -0.4 is 10.1 Å². The maximum Gasteiger partial charge on any atom is 0.387 e. The van der Waals surface area contributed by atoms with Crippen LogP contribution in [0.2, 0.25) is 0 Å². The number of benzene rings is 2. The van der Waals surface area contributed by atoms with E-state index < -0.39 is 6.61 Å². The third-order valence-corrected chi connectivity index (χ3v) is 3.65. The minimum absolute atomic E-state index is 0.0765. The van der Waals surface area contributed by atoms with Crippen LogP contribution in [0.1, 0.15) is 11.1 Å². The lowest BCUT2D eigenvalue weighted by Gasteiger charge is -2.09. The molecule has 0 saturated carbocycles. The van der Waals surface area contributed by atoms with Gasteiger partial charge in [0.15, 0.2) is 0 Å². The van der Waals surface area contributed by atoms with E-state index in [1.165, 1.54) is 12.1 Å². The molecule has 1 amide bonds. The highest BCUT2D eigenvalue weighted by molar-refractivity contribution is 14.1. The molecule has 2 rings (SSSR count). The molecule has 1 N–H and O–H groups in total. The van der Waals surface area contributed by atoms with Crippen molar-refractivity contribution in [1.29, 1.82) is 0 Å². The largest absolute Gasteiger partial charge is 0.435 e. The van der Waals surface area contributed by atoms with E-state index in [9.17, 15) is 13.6 Å². The molecule has 0 spiro atoms. The molecule has 0 unspecified atom stereocenters. The molecule has 0 aliphatic carbocycles. The first-order chi connectivity index (χ1) is 10.4. The van der Waals surface area contributed by atoms with Gasteiger partial charge in [0.05, 0.1) is 6.42 Å². The lowest BCUT2D eigenvalue weighted by Crippen LogP contribution is -2.15. The van der Waals surface area contributed by atoms with Crippen molar-refractivity contribution < 1.29 is 18.3 Å². The zero-order chi connectivity index (χ0) is 16.1. The van der Waals surface area contributed by atoms with Crippen LogP contribution in [0.5, 0.6) is 5.75 Å². The van der Waals surface area contributed by atoms with Gasteiger partial charge in [-0.2, -0.15) is 8.78 Å². The summed E-state index contributed by atoms with van der Waals surface area (Å²) in [4.78, 5) is 12.0. The molecule has 0 fully saturated rings. The van der Waals surface area contributed by atoms with Crippen LogP contribution in [0.3, 0.4) is 0 Å². The van der Waals surface area contributed by atoms with Crippen molar-refractivity contribution in [1.82, 2.24) is 0 Å². The van der Waals surface area contributed by atoms with E-state index in [1.54, 1.807) is 12.1 Å². The summed E-state index contributed by atoms with van der Waals surface area (Å²) in [5.41, 5.74) is 2.48. The predicted molar refractivity (Wildman–Crippen MR) is 89.3 cm³/mol. The topological polar surface area (TPSA) is 38.3 Å². The molecule has 3 nitrogen and oxygen atoms in total. The molecule has 22 heavy (non-hydrogen) atoms. The molecule has 0 heterocycles. The summed E-state index contributed by atoms with van der Waals surface area (Å²) in [7, 11) is 0. The number of aryl methyl sites for hydroxylation is 1. The Balaban J connectivity index is 1.97. The Morgan fingerprint density at radius 1 is 1.23 bits per heavy atom. The lowest BCUT2D eigenvalue weighted by molar-refractivity contribution is -0.115. The van der Waals surface area contributed by atoms with Gasteiger partial charge in [-0.15, -0.1) is 0 Å². The lowest BCUT2D eigenvalue weighted by atomic mass is 10.1. The molecule has 0 saturated heterocycles. The first-order valence-corrected chi connectivity index (χ1v) is 7.61. The molecular formula is C16H14F2INO2. The van der Waals surface area contributed by atoms with E-state index in [-0.39, 0.29) is 18.1 Å². The zero-order valence-corrected chi connectivity index (χ0v) is 13.9. The van der Waals surface area contributed by atoms with Gasteiger partial charge in [0, 0.05) is 9.26 Å². The Hall–Kier alpha value is -1.70. The number of carbonyl (C=O) groups is 1. The number of rotatable bonds is 5. The smallest absolute Gasteiger partial charge is 0.387 e. The molecule has 2 aromatic carbocycles. The molecule has 116 valence electrons. The van der Waals surface area contributed by atoms with E-state index in [1.807, 2.05) is 25.1 Å². The van der Waals surface area contributed by atoms with Crippen LogP contribution in [0, 0.1) is 10.5 Å². The van der Waals surface area contributed by atoms with Gasteiger partial charge in [-0.3, -0.25) is 4.79 Å². The van der Waals surface area contributed by atoms with Crippen molar-refractivity contribution in [3.63, 3.8) is 0 Å². The number of alkyl halides is 2.